The first-order valence-corrected chi connectivity index (χ1v) is 6.17. The molecule has 1 amide bonds. The van der Waals surface area contributed by atoms with Crippen molar-refractivity contribution in [3.05, 3.63) is 35.5 Å². The van der Waals surface area contributed by atoms with Gasteiger partial charge >= 0.3 is 0 Å². The van der Waals surface area contributed by atoms with Gasteiger partial charge in [0.1, 0.15) is 11.4 Å². The second-order valence-electron chi connectivity index (χ2n) is 3.88. The van der Waals surface area contributed by atoms with Gasteiger partial charge in [0.25, 0.3) is 5.91 Å². The molecule has 0 bridgehead atoms. The fraction of sp³-hybridized carbons (Fsp3) is 0.231. The predicted octanol–water partition coefficient (Wildman–Crippen LogP) is 1.82. The predicted molar refractivity (Wildman–Crippen MR) is 74.1 cm³/mol. The molecule has 0 atom stereocenters. The minimum atomic E-state index is -0.202. The van der Waals surface area contributed by atoms with Crippen LogP contribution >= 0.6 is 12.2 Å². The molecule has 18 heavy (non-hydrogen) atoms. The van der Waals surface area contributed by atoms with Crippen LogP contribution in [0.3, 0.4) is 0 Å². The third-order valence-electron chi connectivity index (χ3n) is 2.38. The Balaban J connectivity index is 2.08. The van der Waals surface area contributed by atoms with E-state index < -0.39 is 0 Å². The molecular formula is C13H14N2O2S. The summed E-state index contributed by atoms with van der Waals surface area (Å²) in [6, 6.07) is 7.56. The molecule has 2 rings (SSSR count). The molecular weight excluding hydrogens is 248 g/mol. The van der Waals surface area contributed by atoms with Crippen molar-refractivity contribution >= 4 is 29.3 Å². The van der Waals surface area contributed by atoms with E-state index in [1.807, 2.05) is 24.3 Å². The molecule has 0 aliphatic carbocycles. The minimum Gasteiger partial charge on any atom is -0.494 e. The van der Waals surface area contributed by atoms with Crippen molar-refractivity contribution in [2.75, 3.05) is 6.61 Å². The molecule has 1 aromatic rings. The molecule has 0 saturated carbocycles. The van der Waals surface area contributed by atoms with Crippen LogP contribution in [0, 0.1) is 0 Å². The van der Waals surface area contributed by atoms with Crippen LogP contribution < -0.4 is 15.4 Å². The second-order valence-corrected chi connectivity index (χ2v) is 4.29. The maximum absolute atomic E-state index is 11.4. The van der Waals surface area contributed by atoms with Crippen molar-refractivity contribution in [2.24, 2.45) is 0 Å². The highest BCUT2D eigenvalue weighted by atomic mass is 32.1. The van der Waals surface area contributed by atoms with E-state index in [-0.39, 0.29) is 5.91 Å². The number of thiocarbonyl (C=S) groups is 1. The molecule has 94 valence electrons. The zero-order valence-corrected chi connectivity index (χ0v) is 10.8. The fourth-order valence-electron chi connectivity index (χ4n) is 1.53. The number of amides is 1. The van der Waals surface area contributed by atoms with Gasteiger partial charge in [-0.15, -0.1) is 0 Å². The van der Waals surface area contributed by atoms with Gasteiger partial charge < -0.3 is 10.1 Å². The van der Waals surface area contributed by atoms with Gasteiger partial charge in [0.05, 0.1) is 6.61 Å². The monoisotopic (exact) mass is 262 g/mol. The first-order chi connectivity index (χ1) is 8.69. The summed E-state index contributed by atoms with van der Waals surface area (Å²) in [5.74, 6) is 0.629. The first-order valence-electron chi connectivity index (χ1n) is 5.76. The van der Waals surface area contributed by atoms with Crippen LogP contribution in [0.2, 0.25) is 0 Å². The standard InChI is InChI=1S/C13H14N2O2S/c1-2-7-17-10-5-3-9(4-6-10)8-11-12(16)15-13(18)14-11/h3-6,8H,2,7H2,1H3,(H2,14,15,16,18). The lowest BCUT2D eigenvalue weighted by atomic mass is 10.2. The van der Waals surface area contributed by atoms with Crippen molar-refractivity contribution in [3.63, 3.8) is 0 Å². The summed E-state index contributed by atoms with van der Waals surface area (Å²) in [6.45, 7) is 2.77. The van der Waals surface area contributed by atoms with Crippen LogP contribution in [0.25, 0.3) is 6.08 Å². The lowest BCUT2D eigenvalue weighted by Crippen LogP contribution is -2.21. The lowest BCUT2D eigenvalue weighted by Gasteiger charge is -2.04. The maximum Gasteiger partial charge on any atom is 0.273 e. The second kappa shape index (κ2) is 5.64. The van der Waals surface area contributed by atoms with Gasteiger partial charge in [0, 0.05) is 0 Å². The number of hydrogen-bond donors (Lipinski definition) is 2. The van der Waals surface area contributed by atoms with Gasteiger partial charge in [0.15, 0.2) is 5.11 Å². The number of benzene rings is 1. The van der Waals surface area contributed by atoms with Gasteiger partial charge in [-0.05, 0) is 42.4 Å². The number of carbonyl (C=O) groups is 1. The van der Waals surface area contributed by atoms with E-state index in [0.717, 1.165) is 17.7 Å². The number of ether oxygens (including phenoxy) is 1. The summed E-state index contributed by atoms with van der Waals surface area (Å²) >= 11 is 4.85. The van der Waals surface area contributed by atoms with E-state index in [9.17, 15) is 4.79 Å². The maximum atomic E-state index is 11.4. The van der Waals surface area contributed by atoms with Gasteiger partial charge in [0.2, 0.25) is 0 Å². The van der Waals surface area contributed by atoms with Gasteiger partial charge in [-0.2, -0.15) is 0 Å². The molecule has 0 aromatic heterocycles. The zero-order chi connectivity index (χ0) is 13.0. The largest absolute Gasteiger partial charge is 0.494 e. The van der Waals surface area contributed by atoms with E-state index in [1.54, 1.807) is 6.08 Å². The van der Waals surface area contributed by atoms with Gasteiger partial charge in [-0.1, -0.05) is 19.1 Å². The topological polar surface area (TPSA) is 50.4 Å². The molecule has 0 radical (unpaired) electrons. The smallest absolute Gasteiger partial charge is 0.273 e. The molecule has 2 N–H and O–H groups in total. The quantitative estimate of drug-likeness (QED) is 0.642. The fourth-order valence-corrected chi connectivity index (χ4v) is 1.73. The summed E-state index contributed by atoms with van der Waals surface area (Å²) in [4.78, 5) is 11.4. The highest BCUT2D eigenvalue weighted by Crippen LogP contribution is 2.15. The van der Waals surface area contributed by atoms with Crippen molar-refractivity contribution in [1.82, 2.24) is 10.6 Å². The Labute approximate surface area is 111 Å². The summed E-state index contributed by atoms with van der Waals surface area (Å²) in [6.07, 6.45) is 2.73. The molecule has 1 aromatic carbocycles. The van der Waals surface area contributed by atoms with Crippen LogP contribution in [0.15, 0.2) is 30.0 Å². The summed E-state index contributed by atoms with van der Waals surface area (Å²) in [5, 5.41) is 5.66. The van der Waals surface area contributed by atoms with E-state index in [2.05, 4.69) is 17.6 Å². The van der Waals surface area contributed by atoms with Crippen molar-refractivity contribution in [1.29, 1.82) is 0 Å². The Morgan fingerprint density at radius 1 is 1.28 bits per heavy atom. The molecule has 1 fully saturated rings. The molecule has 1 aliphatic heterocycles. The Morgan fingerprint density at radius 2 is 2.00 bits per heavy atom. The summed E-state index contributed by atoms with van der Waals surface area (Å²) in [5.41, 5.74) is 1.38. The molecule has 1 aliphatic rings. The lowest BCUT2D eigenvalue weighted by molar-refractivity contribution is -0.115. The molecule has 1 heterocycles. The van der Waals surface area contributed by atoms with Crippen molar-refractivity contribution < 1.29 is 9.53 Å². The van der Waals surface area contributed by atoms with Crippen LogP contribution in [0.1, 0.15) is 18.9 Å². The van der Waals surface area contributed by atoms with Crippen molar-refractivity contribution in [3.8, 4) is 5.75 Å². The van der Waals surface area contributed by atoms with Crippen LogP contribution in [0.5, 0.6) is 5.75 Å². The zero-order valence-electron chi connectivity index (χ0n) is 10.0. The van der Waals surface area contributed by atoms with E-state index >= 15 is 0 Å². The normalized spacial score (nSPS) is 16.6. The van der Waals surface area contributed by atoms with Crippen molar-refractivity contribution in [2.45, 2.75) is 13.3 Å². The van der Waals surface area contributed by atoms with Crippen LogP contribution in [-0.4, -0.2) is 17.6 Å². The Bertz CT molecular complexity index is 494. The van der Waals surface area contributed by atoms with Gasteiger partial charge in [-0.3, -0.25) is 10.1 Å². The summed E-state index contributed by atoms with van der Waals surface area (Å²) in [7, 11) is 0. The van der Waals surface area contributed by atoms with E-state index in [0.29, 0.717) is 17.4 Å². The minimum absolute atomic E-state index is 0.202. The summed E-state index contributed by atoms with van der Waals surface area (Å²) < 4.78 is 5.48. The number of nitrogens with one attached hydrogen (secondary N) is 2. The number of carbonyl (C=O) groups excluding carboxylic acids is 1. The van der Waals surface area contributed by atoms with Gasteiger partial charge in [-0.25, -0.2) is 0 Å². The Morgan fingerprint density at radius 3 is 2.56 bits per heavy atom. The van der Waals surface area contributed by atoms with Crippen LogP contribution in [0.4, 0.5) is 0 Å². The number of hydrogen-bond acceptors (Lipinski definition) is 3. The first kappa shape index (κ1) is 12.6. The molecule has 1 saturated heterocycles. The average molecular weight is 262 g/mol. The third-order valence-corrected chi connectivity index (χ3v) is 2.59. The van der Waals surface area contributed by atoms with Crippen LogP contribution in [-0.2, 0) is 4.79 Å². The molecule has 0 spiro atoms. The number of rotatable bonds is 4. The Kier molecular flexibility index (Phi) is 3.94. The van der Waals surface area contributed by atoms with E-state index in [1.165, 1.54) is 0 Å². The average Bonchev–Trinajstić information content (AvgIpc) is 2.67. The highest BCUT2D eigenvalue weighted by Gasteiger charge is 2.19. The third kappa shape index (κ3) is 3.07. The molecule has 4 nitrogen and oxygen atoms in total. The molecule has 5 heteroatoms. The van der Waals surface area contributed by atoms with E-state index in [4.69, 9.17) is 17.0 Å². The highest BCUT2D eigenvalue weighted by molar-refractivity contribution is 7.80. The molecule has 0 unspecified atom stereocenters. The SMILES string of the molecule is CCCOc1ccc(C=C2NC(=S)NC2=O)cc1. The Hall–Kier alpha value is -1.88.